The number of hydrogen-bond donors (Lipinski definition) is 2. The lowest BCUT2D eigenvalue weighted by Gasteiger charge is -2.08. The molecule has 36 heavy (non-hydrogen) atoms. The van der Waals surface area contributed by atoms with Crippen molar-refractivity contribution < 1.29 is 26.6 Å². The van der Waals surface area contributed by atoms with Gasteiger partial charge in [-0.3, -0.25) is 9.59 Å². The number of para-hydroxylation sites is 1. The molecule has 0 bridgehead atoms. The molecule has 0 radical (unpaired) electrons. The standard InChI is InChI=1S/C24H19FN4O5S2/c25-17-10-12-18(13-11-17)27-22(30)14-21-23(31)28-24(35-21)29-26-15-16-6-4-5-9-20(16)34-36(32,33)19-7-2-1-3-8-19/h1-13,15,21H,14H2,(H,27,30)(H,28,29,31). The fraction of sp³-hybridized carbons (Fsp3) is 0.0833. The largest absolute Gasteiger partial charge is 0.378 e. The number of carbonyl (C=O) groups excluding carboxylic acids is 2. The Morgan fingerprint density at radius 2 is 1.75 bits per heavy atom. The zero-order valence-corrected chi connectivity index (χ0v) is 20.1. The first-order chi connectivity index (χ1) is 17.3. The van der Waals surface area contributed by atoms with Gasteiger partial charge in [-0.05, 0) is 48.5 Å². The smallest absolute Gasteiger partial charge is 0.339 e. The zero-order chi connectivity index (χ0) is 25.5. The number of carbonyl (C=O) groups is 2. The van der Waals surface area contributed by atoms with Crippen molar-refractivity contribution in [2.45, 2.75) is 16.6 Å². The molecule has 3 aromatic rings. The maximum atomic E-state index is 13.0. The number of rotatable bonds is 8. The third kappa shape index (κ3) is 6.55. The highest BCUT2D eigenvalue weighted by molar-refractivity contribution is 8.15. The van der Waals surface area contributed by atoms with Crippen molar-refractivity contribution in [1.82, 2.24) is 5.32 Å². The number of hydrogen-bond acceptors (Lipinski definition) is 8. The Morgan fingerprint density at radius 1 is 1.06 bits per heavy atom. The summed E-state index contributed by atoms with van der Waals surface area (Å²) >= 11 is 1.03. The molecule has 0 spiro atoms. The molecule has 1 saturated heterocycles. The SMILES string of the molecule is O=C(CC1SC(=NN=Cc2ccccc2OS(=O)(=O)c2ccccc2)NC1=O)Nc1ccc(F)cc1. The summed E-state index contributed by atoms with van der Waals surface area (Å²) < 4.78 is 43.3. The molecule has 12 heteroatoms. The van der Waals surface area contributed by atoms with Crippen LogP contribution in [0, 0.1) is 5.82 Å². The van der Waals surface area contributed by atoms with Crippen LogP contribution in [0.5, 0.6) is 5.75 Å². The molecule has 184 valence electrons. The van der Waals surface area contributed by atoms with Gasteiger partial charge in [0.05, 0.1) is 6.21 Å². The number of amides is 2. The molecule has 3 aromatic carbocycles. The molecule has 1 heterocycles. The van der Waals surface area contributed by atoms with Crippen LogP contribution in [0.3, 0.4) is 0 Å². The van der Waals surface area contributed by atoms with Crippen LogP contribution >= 0.6 is 11.8 Å². The minimum absolute atomic E-state index is 0.0107. The number of benzene rings is 3. The normalized spacial score (nSPS) is 16.8. The molecule has 1 unspecified atom stereocenters. The Balaban J connectivity index is 1.38. The van der Waals surface area contributed by atoms with Gasteiger partial charge in [0.25, 0.3) is 0 Å². The van der Waals surface area contributed by atoms with Crippen LogP contribution in [0.15, 0.2) is 94.0 Å². The highest BCUT2D eigenvalue weighted by atomic mass is 32.2. The number of nitrogens with zero attached hydrogens (tertiary/aromatic N) is 2. The fourth-order valence-corrected chi connectivity index (χ4v) is 4.96. The van der Waals surface area contributed by atoms with Gasteiger partial charge in [0.2, 0.25) is 11.8 Å². The summed E-state index contributed by atoms with van der Waals surface area (Å²) in [6, 6.07) is 19.4. The molecule has 0 aromatic heterocycles. The quantitative estimate of drug-likeness (QED) is 0.263. The Morgan fingerprint density at radius 3 is 2.50 bits per heavy atom. The van der Waals surface area contributed by atoms with Gasteiger partial charge in [0, 0.05) is 17.7 Å². The molecular weight excluding hydrogens is 507 g/mol. The van der Waals surface area contributed by atoms with Crippen molar-refractivity contribution >= 4 is 50.8 Å². The molecule has 1 fully saturated rings. The van der Waals surface area contributed by atoms with Gasteiger partial charge >= 0.3 is 10.1 Å². The van der Waals surface area contributed by atoms with E-state index in [1.165, 1.54) is 48.7 Å². The average molecular weight is 527 g/mol. The second-order valence-electron chi connectivity index (χ2n) is 7.39. The summed E-state index contributed by atoms with van der Waals surface area (Å²) in [7, 11) is -4.04. The predicted octanol–water partition coefficient (Wildman–Crippen LogP) is 3.54. The first-order valence-corrected chi connectivity index (χ1v) is 12.8. The summed E-state index contributed by atoms with van der Waals surface area (Å²) in [5, 5.41) is 12.5. The topological polar surface area (TPSA) is 126 Å². The van der Waals surface area contributed by atoms with Gasteiger partial charge in [-0.15, -0.1) is 5.10 Å². The first-order valence-electron chi connectivity index (χ1n) is 10.5. The molecule has 0 saturated carbocycles. The molecule has 1 aliphatic rings. The van der Waals surface area contributed by atoms with E-state index in [0.29, 0.717) is 11.3 Å². The maximum absolute atomic E-state index is 13.0. The number of amidine groups is 1. The molecule has 2 amide bonds. The van der Waals surface area contributed by atoms with E-state index in [9.17, 15) is 22.4 Å². The Hall–Kier alpha value is -4.03. The second-order valence-corrected chi connectivity index (χ2v) is 10.1. The van der Waals surface area contributed by atoms with Gasteiger partial charge in [-0.25, -0.2) is 4.39 Å². The summed E-state index contributed by atoms with van der Waals surface area (Å²) in [6.07, 6.45) is 1.18. The van der Waals surface area contributed by atoms with Crippen molar-refractivity contribution in [3.8, 4) is 5.75 Å². The summed E-state index contributed by atoms with van der Waals surface area (Å²) in [5.74, 6) is -1.18. The van der Waals surface area contributed by atoms with Crippen LogP contribution < -0.4 is 14.8 Å². The molecule has 0 aliphatic carbocycles. The monoisotopic (exact) mass is 526 g/mol. The highest BCUT2D eigenvalue weighted by Gasteiger charge is 2.32. The summed E-state index contributed by atoms with van der Waals surface area (Å²) in [6.45, 7) is 0. The van der Waals surface area contributed by atoms with Gasteiger partial charge in [0.15, 0.2) is 10.9 Å². The van der Waals surface area contributed by atoms with Crippen LogP contribution in [-0.2, 0) is 19.7 Å². The number of thioether (sulfide) groups is 1. The van der Waals surface area contributed by atoms with Crippen molar-refractivity contribution in [2.24, 2.45) is 10.2 Å². The Labute approximate surface area is 210 Å². The zero-order valence-electron chi connectivity index (χ0n) is 18.5. The van der Waals surface area contributed by atoms with E-state index in [2.05, 4.69) is 20.8 Å². The van der Waals surface area contributed by atoms with Crippen LogP contribution in [0.25, 0.3) is 0 Å². The Kier molecular flexibility index (Phi) is 7.76. The van der Waals surface area contributed by atoms with E-state index >= 15 is 0 Å². The van der Waals surface area contributed by atoms with E-state index in [1.54, 1.807) is 36.4 Å². The minimum Gasteiger partial charge on any atom is -0.378 e. The van der Waals surface area contributed by atoms with Gasteiger partial charge in [0.1, 0.15) is 16.0 Å². The van der Waals surface area contributed by atoms with Gasteiger partial charge in [-0.1, -0.05) is 42.1 Å². The molecule has 1 atom stereocenters. The van der Waals surface area contributed by atoms with Crippen molar-refractivity contribution in [1.29, 1.82) is 0 Å². The summed E-state index contributed by atoms with van der Waals surface area (Å²) in [5.41, 5.74) is 0.768. The molecular formula is C24H19FN4O5S2. The number of halogens is 1. The van der Waals surface area contributed by atoms with Crippen LogP contribution in [0.4, 0.5) is 10.1 Å². The predicted molar refractivity (Wildman–Crippen MR) is 135 cm³/mol. The lowest BCUT2D eigenvalue weighted by atomic mass is 10.2. The second kappa shape index (κ2) is 11.1. The van der Waals surface area contributed by atoms with Crippen molar-refractivity contribution in [3.63, 3.8) is 0 Å². The third-order valence-corrected chi connectivity index (χ3v) is 7.09. The van der Waals surface area contributed by atoms with Crippen molar-refractivity contribution in [3.05, 3.63) is 90.2 Å². The highest BCUT2D eigenvalue weighted by Crippen LogP contribution is 2.24. The third-order valence-electron chi connectivity index (χ3n) is 4.77. The number of nitrogens with one attached hydrogen (secondary N) is 2. The average Bonchev–Trinajstić information content (AvgIpc) is 3.20. The fourth-order valence-electron chi connectivity index (χ4n) is 3.06. The van der Waals surface area contributed by atoms with E-state index < -0.39 is 33.0 Å². The molecule has 9 nitrogen and oxygen atoms in total. The van der Waals surface area contributed by atoms with Crippen LogP contribution in [0.2, 0.25) is 0 Å². The Bertz CT molecular complexity index is 1430. The maximum Gasteiger partial charge on any atom is 0.339 e. The lowest BCUT2D eigenvalue weighted by molar-refractivity contribution is -0.122. The van der Waals surface area contributed by atoms with Crippen molar-refractivity contribution in [2.75, 3.05) is 5.32 Å². The number of anilines is 1. The lowest BCUT2D eigenvalue weighted by Crippen LogP contribution is -2.28. The molecule has 4 rings (SSSR count). The van der Waals surface area contributed by atoms with E-state index in [-0.39, 0.29) is 22.2 Å². The van der Waals surface area contributed by atoms with E-state index in [1.807, 2.05) is 0 Å². The summed E-state index contributed by atoms with van der Waals surface area (Å²) in [4.78, 5) is 24.5. The van der Waals surface area contributed by atoms with E-state index in [4.69, 9.17) is 4.18 Å². The minimum atomic E-state index is -4.04. The van der Waals surface area contributed by atoms with Gasteiger partial charge in [-0.2, -0.15) is 13.5 Å². The van der Waals surface area contributed by atoms with Gasteiger partial charge < -0.3 is 14.8 Å². The van der Waals surface area contributed by atoms with Crippen LogP contribution in [-0.4, -0.2) is 36.9 Å². The first kappa shape index (κ1) is 25.1. The molecule has 1 aliphatic heterocycles. The van der Waals surface area contributed by atoms with Crippen LogP contribution in [0.1, 0.15) is 12.0 Å². The van der Waals surface area contributed by atoms with E-state index in [0.717, 1.165) is 11.8 Å². The molecule has 2 N–H and O–H groups in total.